The quantitative estimate of drug-likeness (QED) is 0.815. The summed E-state index contributed by atoms with van der Waals surface area (Å²) in [4.78, 5) is 10.7. The molecule has 0 saturated carbocycles. The highest BCUT2D eigenvalue weighted by Crippen LogP contribution is 2.12. The van der Waals surface area contributed by atoms with Crippen molar-refractivity contribution in [1.82, 2.24) is 0 Å². The van der Waals surface area contributed by atoms with Gasteiger partial charge in [0.25, 0.3) is 0 Å². The van der Waals surface area contributed by atoms with Crippen molar-refractivity contribution in [2.75, 3.05) is 6.61 Å². The third kappa shape index (κ3) is 4.28. The molecule has 0 amide bonds. The summed E-state index contributed by atoms with van der Waals surface area (Å²) in [5.41, 5.74) is 1.52. The van der Waals surface area contributed by atoms with E-state index < -0.39 is 5.97 Å². The van der Waals surface area contributed by atoms with Crippen molar-refractivity contribution in [2.45, 2.75) is 6.42 Å². The molecular weight excluding hydrogens is 252 g/mol. The molecule has 20 heavy (non-hydrogen) atoms. The van der Waals surface area contributed by atoms with Crippen LogP contribution in [0.15, 0.2) is 66.7 Å². The molecule has 102 valence electrons. The molecule has 0 atom stereocenters. The highest BCUT2D eigenvalue weighted by molar-refractivity contribution is 5.87. The SMILES string of the molecule is O=C(O)c1ccc(OCC=CCc2ccccc2)cc1. The van der Waals surface area contributed by atoms with E-state index in [0.717, 1.165) is 6.42 Å². The first-order valence-corrected chi connectivity index (χ1v) is 6.41. The molecule has 2 aromatic carbocycles. The van der Waals surface area contributed by atoms with Crippen molar-refractivity contribution in [3.05, 3.63) is 77.9 Å². The second-order valence-electron chi connectivity index (χ2n) is 4.30. The Morgan fingerprint density at radius 3 is 2.35 bits per heavy atom. The van der Waals surface area contributed by atoms with E-state index in [4.69, 9.17) is 9.84 Å². The molecule has 3 heteroatoms. The van der Waals surface area contributed by atoms with Crippen LogP contribution >= 0.6 is 0 Å². The minimum Gasteiger partial charge on any atom is -0.490 e. The van der Waals surface area contributed by atoms with E-state index >= 15 is 0 Å². The molecule has 0 unspecified atom stereocenters. The molecule has 0 heterocycles. The van der Waals surface area contributed by atoms with Gasteiger partial charge in [0, 0.05) is 0 Å². The van der Waals surface area contributed by atoms with Crippen LogP contribution in [-0.4, -0.2) is 17.7 Å². The van der Waals surface area contributed by atoms with Crippen LogP contribution in [0.25, 0.3) is 0 Å². The van der Waals surface area contributed by atoms with Crippen LogP contribution < -0.4 is 4.74 Å². The largest absolute Gasteiger partial charge is 0.490 e. The average molecular weight is 268 g/mol. The molecule has 0 bridgehead atoms. The first-order valence-electron chi connectivity index (χ1n) is 6.41. The maximum Gasteiger partial charge on any atom is 0.335 e. The summed E-state index contributed by atoms with van der Waals surface area (Å²) in [6.45, 7) is 0.471. The van der Waals surface area contributed by atoms with Gasteiger partial charge in [0.05, 0.1) is 5.56 Å². The van der Waals surface area contributed by atoms with Gasteiger partial charge in [-0.1, -0.05) is 42.5 Å². The fraction of sp³-hybridized carbons (Fsp3) is 0.118. The number of hydrogen-bond acceptors (Lipinski definition) is 2. The van der Waals surface area contributed by atoms with E-state index in [9.17, 15) is 4.79 Å². The smallest absolute Gasteiger partial charge is 0.335 e. The normalized spacial score (nSPS) is 10.6. The lowest BCUT2D eigenvalue weighted by atomic mass is 10.1. The highest BCUT2D eigenvalue weighted by atomic mass is 16.5. The van der Waals surface area contributed by atoms with Gasteiger partial charge >= 0.3 is 5.97 Å². The van der Waals surface area contributed by atoms with Gasteiger partial charge in [-0.3, -0.25) is 0 Å². The topological polar surface area (TPSA) is 46.5 Å². The molecule has 0 aliphatic rings. The predicted molar refractivity (Wildman–Crippen MR) is 78.2 cm³/mol. The molecule has 2 aromatic rings. The molecule has 0 aromatic heterocycles. The number of hydrogen-bond donors (Lipinski definition) is 1. The van der Waals surface area contributed by atoms with Gasteiger partial charge in [-0.05, 0) is 36.2 Å². The van der Waals surface area contributed by atoms with Crippen LogP contribution in [0.3, 0.4) is 0 Å². The Kier molecular flexibility index (Phi) is 4.95. The Bertz CT molecular complexity index is 571. The zero-order chi connectivity index (χ0) is 14.2. The molecule has 0 spiro atoms. The van der Waals surface area contributed by atoms with Crippen LogP contribution in [0.2, 0.25) is 0 Å². The van der Waals surface area contributed by atoms with Gasteiger partial charge in [-0.15, -0.1) is 0 Å². The number of carbonyl (C=O) groups is 1. The number of aromatic carboxylic acids is 1. The minimum atomic E-state index is -0.931. The van der Waals surface area contributed by atoms with Gasteiger partial charge in [-0.2, -0.15) is 0 Å². The Labute approximate surface area is 118 Å². The van der Waals surface area contributed by atoms with Gasteiger partial charge in [0.2, 0.25) is 0 Å². The van der Waals surface area contributed by atoms with E-state index in [2.05, 4.69) is 18.2 Å². The van der Waals surface area contributed by atoms with Gasteiger partial charge in [0.1, 0.15) is 12.4 Å². The summed E-state index contributed by atoms with van der Waals surface area (Å²) in [5.74, 6) is -0.265. The van der Waals surface area contributed by atoms with Gasteiger partial charge < -0.3 is 9.84 Å². The second-order valence-corrected chi connectivity index (χ2v) is 4.30. The Morgan fingerprint density at radius 1 is 1.00 bits per heavy atom. The van der Waals surface area contributed by atoms with Crippen LogP contribution in [0, 0.1) is 0 Å². The van der Waals surface area contributed by atoms with E-state index in [1.165, 1.54) is 17.7 Å². The van der Waals surface area contributed by atoms with Crippen molar-refractivity contribution in [3.8, 4) is 5.75 Å². The number of carboxylic acids is 1. The van der Waals surface area contributed by atoms with Crippen molar-refractivity contribution in [1.29, 1.82) is 0 Å². The third-order valence-corrected chi connectivity index (χ3v) is 2.81. The van der Waals surface area contributed by atoms with Crippen LogP contribution in [0.1, 0.15) is 15.9 Å². The number of ether oxygens (including phenoxy) is 1. The average Bonchev–Trinajstić information content (AvgIpc) is 2.48. The van der Waals surface area contributed by atoms with Crippen LogP contribution in [0.4, 0.5) is 0 Å². The fourth-order valence-electron chi connectivity index (χ4n) is 1.74. The summed E-state index contributed by atoms with van der Waals surface area (Å²) < 4.78 is 5.50. The summed E-state index contributed by atoms with van der Waals surface area (Å²) in [5, 5.41) is 8.78. The molecule has 2 rings (SSSR count). The molecule has 3 nitrogen and oxygen atoms in total. The fourth-order valence-corrected chi connectivity index (χ4v) is 1.74. The Balaban J connectivity index is 1.76. The molecule has 0 saturated heterocycles. The van der Waals surface area contributed by atoms with Crippen LogP contribution in [0.5, 0.6) is 5.75 Å². The van der Waals surface area contributed by atoms with E-state index in [0.29, 0.717) is 12.4 Å². The number of benzene rings is 2. The number of rotatable bonds is 6. The molecule has 0 fully saturated rings. The maximum absolute atomic E-state index is 10.7. The molecule has 1 N–H and O–H groups in total. The van der Waals surface area contributed by atoms with Crippen molar-refractivity contribution in [2.24, 2.45) is 0 Å². The number of carboxylic acid groups (broad SMARTS) is 1. The highest BCUT2D eigenvalue weighted by Gasteiger charge is 2.01. The Hall–Kier alpha value is -2.55. The summed E-state index contributed by atoms with van der Waals surface area (Å²) >= 11 is 0. The predicted octanol–water partition coefficient (Wildman–Crippen LogP) is 3.56. The van der Waals surface area contributed by atoms with Crippen LogP contribution in [-0.2, 0) is 6.42 Å². The standard InChI is InChI=1S/C17H16O3/c18-17(19)15-9-11-16(12-10-15)20-13-5-4-8-14-6-2-1-3-7-14/h1-7,9-12H,8,13H2,(H,18,19). The first-order chi connectivity index (χ1) is 9.75. The summed E-state index contributed by atoms with van der Waals surface area (Å²) in [6, 6.07) is 16.6. The first kappa shape index (κ1) is 13.9. The van der Waals surface area contributed by atoms with E-state index in [1.807, 2.05) is 24.3 Å². The minimum absolute atomic E-state index is 0.261. The summed E-state index contributed by atoms with van der Waals surface area (Å²) in [6.07, 6.45) is 4.89. The third-order valence-electron chi connectivity index (χ3n) is 2.81. The van der Waals surface area contributed by atoms with Gasteiger partial charge in [0.15, 0.2) is 0 Å². The zero-order valence-electron chi connectivity index (χ0n) is 11.0. The van der Waals surface area contributed by atoms with E-state index in [1.54, 1.807) is 12.1 Å². The lowest BCUT2D eigenvalue weighted by molar-refractivity contribution is 0.0697. The van der Waals surface area contributed by atoms with Gasteiger partial charge in [-0.25, -0.2) is 4.79 Å². The number of allylic oxidation sites excluding steroid dienone is 1. The lowest BCUT2D eigenvalue weighted by Crippen LogP contribution is -1.97. The van der Waals surface area contributed by atoms with Crippen molar-refractivity contribution >= 4 is 5.97 Å². The molecular formula is C17H16O3. The summed E-state index contributed by atoms with van der Waals surface area (Å²) in [7, 11) is 0. The molecule has 0 aliphatic carbocycles. The molecule has 0 aliphatic heterocycles. The van der Waals surface area contributed by atoms with Crippen molar-refractivity contribution in [3.63, 3.8) is 0 Å². The molecule has 0 radical (unpaired) electrons. The lowest BCUT2D eigenvalue weighted by Gasteiger charge is -2.03. The van der Waals surface area contributed by atoms with Crippen molar-refractivity contribution < 1.29 is 14.6 Å². The Morgan fingerprint density at radius 2 is 1.70 bits per heavy atom. The van der Waals surface area contributed by atoms with E-state index in [-0.39, 0.29) is 5.56 Å². The maximum atomic E-state index is 10.7. The zero-order valence-corrected chi connectivity index (χ0v) is 11.0. The monoisotopic (exact) mass is 268 g/mol. The second kappa shape index (κ2) is 7.14.